The standard InChI is InChI=1S/C24H23Cl2N3O6/c1-4-35-18(30)13-29-21(33)23(2,27-19(31)14-5-9-16(25)10-6-14)24(3,22(29)34)28-20(32)15-7-11-17(26)12-8-15/h5-12H,4,13H2,1-3H3,(H,27,31)(H,28,32)/t23-,24-/m1/s1. The molecule has 1 aliphatic rings. The first-order chi connectivity index (χ1) is 16.4. The molecule has 11 heteroatoms. The summed E-state index contributed by atoms with van der Waals surface area (Å²) in [6, 6.07) is 11.8. The van der Waals surface area contributed by atoms with Gasteiger partial charge in [-0.15, -0.1) is 0 Å². The molecule has 2 atom stereocenters. The number of amides is 4. The molecular formula is C24H23Cl2N3O6. The molecule has 1 saturated heterocycles. The fourth-order valence-corrected chi connectivity index (χ4v) is 3.95. The number of carbonyl (C=O) groups is 5. The summed E-state index contributed by atoms with van der Waals surface area (Å²) in [5, 5.41) is 5.97. The smallest absolute Gasteiger partial charge is 0.326 e. The zero-order chi connectivity index (χ0) is 26.0. The van der Waals surface area contributed by atoms with E-state index in [-0.39, 0.29) is 17.7 Å². The van der Waals surface area contributed by atoms with Crippen LogP contribution in [0.4, 0.5) is 0 Å². The Morgan fingerprint density at radius 3 is 1.51 bits per heavy atom. The highest BCUT2D eigenvalue weighted by Crippen LogP contribution is 2.35. The Hall–Kier alpha value is -3.43. The second-order valence-corrected chi connectivity index (χ2v) is 9.05. The van der Waals surface area contributed by atoms with E-state index in [1.165, 1.54) is 62.4 Å². The van der Waals surface area contributed by atoms with Crippen LogP contribution in [0.1, 0.15) is 41.5 Å². The Morgan fingerprint density at radius 1 is 0.800 bits per heavy atom. The Kier molecular flexibility index (Phi) is 7.52. The molecule has 184 valence electrons. The molecule has 0 radical (unpaired) electrons. The fourth-order valence-electron chi connectivity index (χ4n) is 3.70. The van der Waals surface area contributed by atoms with Crippen LogP contribution in [0.2, 0.25) is 10.0 Å². The van der Waals surface area contributed by atoms with Crippen molar-refractivity contribution >= 4 is 52.8 Å². The predicted molar refractivity (Wildman–Crippen MR) is 128 cm³/mol. The molecule has 2 N–H and O–H groups in total. The van der Waals surface area contributed by atoms with Crippen LogP contribution >= 0.6 is 23.2 Å². The summed E-state index contributed by atoms with van der Waals surface area (Å²) in [6.45, 7) is 3.58. The summed E-state index contributed by atoms with van der Waals surface area (Å²) in [6.07, 6.45) is 0. The van der Waals surface area contributed by atoms with Crippen molar-refractivity contribution < 1.29 is 28.7 Å². The lowest BCUT2D eigenvalue weighted by Crippen LogP contribution is -2.70. The third-order valence-corrected chi connectivity index (χ3v) is 6.38. The Morgan fingerprint density at radius 2 is 1.17 bits per heavy atom. The van der Waals surface area contributed by atoms with Gasteiger partial charge < -0.3 is 15.4 Å². The van der Waals surface area contributed by atoms with Crippen molar-refractivity contribution in [1.29, 1.82) is 0 Å². The number of likely N-dealkylation sites (tertiary alicyclic amines) is 1. The summed E-state index contributed by atoms with van der Waals surface area (Å²) in [5.74, 6) is -3.94. The van der Waals surface area contributed by atoms with Crippen LogP contribution < -0.4 is 10.6 Å². The quantitative estimate of drug-likeness (QED) is 0.428. The van der Waals surface area contributed by atoms with Gasteiger partial charge in [-0.25, -0.2) is 0 Å². The second kappa shape index (κ2) is 10.1. The van der Waals surface area contributed by atoms with Crippen molar-refractivity contribution in [3.05, 3.63) is 69.7 Å². The molecule has 2 aromatic carbocycles. The van der Waals surface area contributed by atoms with Crippen molar-refractivity contribution in [2.75, 3.05) is 13.2 Å². The summed E-state index contributed by atoms with van der Waals surface area (Å²) < 4.78 is 4.88. The van der Waals surface area contributed by atoms with Crippen LogP contribution in [0, 0.1) is 0 Å². The lowest BCUT2D eigenvalue weighted by molar-refractivity contribution is -0.153. The first kappa shape index (κ1) is 26.2. The highest BCUT2D eigenvalue weighted by atomic mass is 35.5. The Balaban J connectivity index is 2.00. The van der Waals surface area contributed by atoms with E-state index >= 15 is 0 Å². The molecule has 4 amide bonds. The van der Waals surface area contributed by atoms with Crippen LogP contribution in [0.3, 0.4) is 0 Å². The number of rotatable bonds is 7. The van der Waals surface area contributed by atoms with E-state index in [0.29, 0.717) is 14.9 Å². The van der Waals surface area contributed by atoms with Gasteiger partial charge in [-0.1, -0.05) is 23.2 Å². The van der Waals surface area contributed by atoms with E-state index in [0.717, 1.165) is 0 Å². The van der Waals surface area contributed by atoms with Crippen LogP contribution in [0.15, 0.2) is 48.5 Å². The maximum absolute atomic E-state index is 13.5. The Bertz CT molecular complexity index is 1100. The number of esters is 1. The van der Waals surface area contributed by atoms with Crippen molar-refractivity contribution in [2.45, 2.75) is 31.8 Å². The summed E-state index contributed by atoms with van der Waals surface area (Å²) in [7, 11) is 0. The van der Waals surface area contributed by atoms with Gasteiger partial charge in [-0.2, -0.15) is 0 Å². The van der Waals surface area contributed by atoms with Crippen molar-refractivity contribution in [2.24, 2.45) is 0 Å². The Labute approximate surface area is 211 Å². The molecule has 1 fully saturated rings. The number of benzene rings is 2. The van der Waals surface area contributed by atoms with Crippen LogP contribution in [-0.4, -0.2) is 58.7 Å². The molecule has 0 unspecified atom stereocenters. The average Bonchev–Trinajstić information content (AvgIpc) is 2.93. The highest BCUT2D eigenvalue weighted by molar-refractivity contribution is 6.31. The lowest BCUT2D eigenvalue weighted by Gasteiger charge is -2.37. The molecule has 0 saturated carbocycles. The minimum absolute atomic E-state index is 0.0458. The highest BCUT2D eigenvalue weighted by Gasteiger charge is 2.66. The van der Waals surface area contributed by atoms with Gasteiger partial charge in [0, 0.05) is 21.2 Å². The van der Waals surface area contributed by atoms with E-state index < -0.39 is 47.2 Å². The molecule has 0 aliphatic carbocycles. The maximum Gasteiger partial charge on any atom is 0.326 e. The van der Waals surface area contributed by atoms with E-state index in [1.54, 1.807) is 6.92 Å². The van der Waals surface area contributed by atoms with Gasteiger partial charge in [0.2, 0.25) is 0 Å². The van der Waals surface area contributed by atoms with Crippen LogP contribution in [-0.2, 0) is 19.1 Å². The zero-order valence-electron chi connectivity index (χ0n) is 19.2. The second-order valence-electron chi connectivity index (χ2n) is 8.17. The molecule has 0 aromatic heterocycles. The molecule has 0 bridgehead atoms. The van der Waals surface area contributed by atoms with Crippen LogP contribution in [0.5, 0.6) is 0 Å². The van der Waals surface area contributed by atoms with Crippen molar-refractivity contribution in [1.82, 2.24) is 15.5 Å². The fraction of sp³-hybridized carbons (Fsp3) is 0.292. The predicted octanol–water partition coefficient (Wildman–Crippen LogP) is 2.60. The molecule has 9 nitrogen and oxygen atoms in total. The van der Waals surface area contributed by atoms with Gasteiger partial charge in [0.15, 0.2) is 0 Å². The number of imide groups is 1. The number of nitrogens with zero attached hydrogens (tertiary/aromatic N) is 1. The minimum atomic E-state index is -1.95. The number of carbonyl (C=O) groups excluding carboxylic acids is 5. The number of hydrogen-bond donors (Lipinski definition) is 2. The lowest BCUT2D eigenvalue weighted by atomic mass is 9.80. The van der Waals surface area contributed by atoms with Crippen molar-refractivity contribution in [3.63, 3.8) is 0 Å². The normalized spacial score (nSPS) is 21.6. The maximum atomic E-state index is 13.5. The third kappa shape index (κ3) is 5.01. The van der Waals surface area contributed by atoms with E-state index in [2.05, 4.69) is 10.6 Å². The summed E-state index contributed by atoms with van der Waals surface area (Å²) in [4.78, 5) is 65.8. The van der Waals surface area contributed by atoms with Gasteiger partial charge in [-0.05, 0) is 69.3 Å². The molecule has 0 spiro atoms. The van der Waals surface area contributed by atoms with Gasteiger partial charge in [0.1, 0.15) is 17.6 Å². The number of hydrogen-bond acceptors (Lipinski definition) is 6. The van der Waals surface area contributed by atoms with Crippen molar-refractivity contribution in [3.8, 4) is 0 Å². The monoisotopic (exact) mass is 519 g/mol. The number of halogens is 2. The van der Waals surface area contributed by atoms with Gasteiger partial charge in [0.05, 0.1) is 6.61 Å². The third-order valence-electron chi connectivity index (χ3n) is 5.88. The topological polar surface area (TPSA) is 122 Å². The van der Waals surface area contributed by atoms with Crippen LogP contribution in [0.25, 0.3) is 0 Å². The average molecular weight is 520 g/mol. The molecule has 1 aliphatic heterocycles. The summed E-state index contributed by atoms with van der Waals surface area (Å²) in [5.41, 5.74) is -3.55. The molecule has 3 rings (SSSR count). The minimum Gasteiger partial charge on any atom is -0.465 e. The van der Waals surface area contributed by atoms with E-state index in [4.69, 9.17) is 27.9 Å². The van der Waals surface area contributed by atoms with Gasteiger partial charge in [-0.3, -0.25) is 28.9 Å². The van der Waals surface area contributed by atoms with E-state index in [1.807, 2.05) is 0 Å². The van der Waals surface area contributed by atoms with Gasteiger partial charge >= 0.3 is 5.97 Å². The molecule has 1 heterocycles. The summed E-state index contributed by atoms with van der Waals surface area (Å²) >= 11 is 11.8. The first-order valence-corrected chi connectivity index (χ1v) is 11.4. The van der Waals surface area contributed by atoms with E-state index in [9.17, 15) is 24.0 Å². The molecule has 2 aromatic rings. The largest absolute Gasteiger partial charge is 0.465 e. The number of nitrogens with one attached hydrogen (secondary N) is 2. The molecule has 35 heavy (non-hydrogen) atoms. The number of ether oxygens (including phenoxy) is 1. The molecular weight excluding hydrogens is 497 g/mol. The first-order valence-electron chi connectivity index (χ1n) is 10.6. The zero-order valence-corrected chi connectivity index (χ0v) is 20.7. The van der Waals surface area contributed by atoms with Gasteiger partial charge in [0.25, 0.3) is 23.6 Å². The SMILES string of the molecule is CCOC(=O)CN1C(=O)[C@@](C)(NC(=O)c2ccc(Cl)cc2)[C@](C)(NC(=O)c2ccc(Cl)cc2)C1=O.